The summed E-state index contributed by atoms with van der Waals surface area (Å²) in [5, 5.41) is 12.9. The largest absolute Gasteiger partial charge is 0.394 e. The molecule has 0 amide bonds. The second-order valence-corrected chi connectivity index (χ2v) is 5.19. The summed E-state index contributed by atoms with van der Waals surface area (Å²) in [4.78, 5) is 2.36. The number of aliphatic hydroxyl groups is 1. The van der Waals surface area contributed by atoms with Crippen LogP contribution in [0.15, 0.2) is 28.7 Å². The van der Waals surface area contributed by atoms with Crippen LogP contribution in [0.25, 0.3) is 0 Å². The van der Waals surface area contributed by atoms with Crippen LogP contribution in [0.5, 0.6) is 0 Å². The first kappa shape index (κ1) is 15.6. The van der Waals surface area contributed by atoms with E-state index in [0.29, 0.717) is 0 Å². The van der Waals surface area contributed by atoms with Gasteiger partial charge in [-0.15, -0.1) is 0 Å². The third-order valence-corrected chi connectivity index (χ3v) is 3.64. The average molecular weight is 315 g/mol. The third kappa shape index (κ3) is 5.06. The first-order chi connectivity index (χ1) is 8.71. The lowest BCUT2D eigenvalue weighted by Gasteiger charge is -2.21. The lowest BCUT2D eigenvalue weighted by atomic mass is 10.1. The molecule has 18 heavy (non-hydrogen) atoms. The van der Waals surface area contributed by atoms with Crippen LogP contribution in [-0.4, -0.2) is 42.8 Å². The Morgan fingerprint density at radius 2 is 2.06 bits per heavy atom. The van der Waals surface area contributed by atoms with Gasteiger partial charge in [0.2, 0.25) is 0 Å². The van der Waals surface area contributed by atoms with Gasteiger partial charge in [0.15, 0.2) is 0 Å². The minimum atomic E-state index is 0.0121. The number of likely N-dealkylation sites (N-methyl/N-ethyl adjacent to an activating group) is 1. The fraction of sp³-hybridized carbons (Fsp3) is 0.571. The number of halogens is 1. The predicted molar refractivity (Wildman–Crippen MR) is 79.8 cm³/mol. The quantitative estimate of drug-likeness (QED) is 0.773. The van der Waals surface area contributed by atoms with E-state index in [0.717, 1.165) is 36.2 Å². The summed E-state index contributed by atoms with van der Waals surface area (Å²) in [6.45, 7) is 8.49. The van der Waals surface area contributed by atoms with Gasteiger partial charge < -0.3 is 15.3 Å². The highest BCUT2D eigenvalue weighted by Crippen LogP contribution is 2.17. The fourth-order valence-electron chi connectivity index (χ4n) is 1.95. The van der Waals surface area contributed by atoms with Crippen molar-refractivity contribution in [3.63, 3.8) is 0 Å². The molecular weight excluding hydrogens is 292 g/mol. The molecule has 0 aliphatic rings. The number of benzene rings is 1. The smallest absolute Gasteiger partial charge is 0.0626 e. The van der Waals surface area contributed by atoms with Crippen molar-refractivity contribution in [1.82, 2.24) is 10.2 Å². The Balaban J connectivity index is 2.47. The zero-order valence-electron chi connectivity index (χ0n) is 11.2. The van der Waals surface area contributed by atoms with Crippen molar-refractivity contribution in [2.24, 2.45) is 0 Å². The van der Waals surface area contributed by atoms with Crippen molar-refractivity contribution in [2.75, 3.05) is 32.8 Å². The van der Waals surface area contributed by atoms with Crippen LogP contribution < -0.4 is 5.32 Å². The molecule has 0 aliphatic carbocycles. The SMILES string of the molecule is CCN(CC)CCNC(CO)c1cccc(Br)c1. The summed E-state index contributed by atoms with van der Waals surface area (Å²) >= 11 is 3.46. The molecule has 0 fully saturated rings. The van der Waals surface area contributed by atoms with Crippen molar-refractivity contribution in [3.05, 3.63) is 34.3 Å². The minimum Gasteiger partial charge on any atom is -0.394 e. The predicted octanol–water partition coefficient (Wildman–Crippen LogP) is 2.41. The molecule has 0 radical (unpaired) electrons. The van der Waals surface area contributed by atoms with E-state index in [-0.39, 0.29) is 12.6 Å². The van der Waals surface area contributed by atoms with Crippen LogP contribution in [0.3, 0.4) is 0 Å². The maximum absolute atomic E-state index is 9.46. The Kier molecular flexibility index (Phi) is 7.51. The van der Waals surface area contributed by atoms with Gasteiger partial charge >= 0.3 is 0 Å². The van der Waals surface area contributed by atoms with Crippen molar-refractivity contribution in [1.29, 1.82) is 0 Å². The first-order valence-corrected chi connectivity index (χ1v) is 7.32. The van der Waals surface area contributed by atoms with Gasteiger partial charge in [-0.05, 0) is 30.8 Å². The van der Waals surface area contributed by atoms with E-state index in [1.807, 2.05) is 24.3 Å². The van der Waals surface area contributed by atoms with Gasteiger partial charge in [0, 0.05) is 17.6 Å². The van der Waals surface area contributed by atoms with Crippen molar-refractivity contribution < 1.29 is 5.11 Å². The van der Waals surface area contributed by atoms with Crippen LogP contribution in [-0.2, 0) is 0 Å². The van der Waals surface area contributed by atoms with Gasteiger partial charge in [0.25, 0.3) is 0 Å². The molecule has 0 aromatic heterocycles. The van der Waals surface area contributed by atoms with Crippen molar-refractivity contribution >= 4 is 15.9 Å². The number of nitrogens with one attached hydrogen (secondary N) is 1. The second kappa shape index (κ2) is 8.64. The third-order valence-electron chi connectivity index (χ3n) is 3.15. The maximum atomic E-state index is 9.46. The summed E-state index contributed by atoms with van der Waals surface area (Å²) in [7, 11) is 0. The molecule has 0 saturated carbocycles. The summed E-state index contributed by atoms with van der Waals surface area (Å²) < 4.78 is 1.05. The first-order valence-electron chi connectivity index (χ1n) is 6.53. The molecule has 0 bridgehead atoms. The van der Waals surface area contributed by atoms with Gasteiger partial charge in [-0.1, -0.05) is 41.9 Å². The zero-order chi connectivity index (χ0) is 13.4. The molecule has 0 aliphatic heterocycles. The Hall–Kier alpha value is -0.420. The van der Waals surface area contributed by atoms with E-state index >= 15 is 0 Å². The van der Waals surface area contributed by atoms with E-state index in [4.69, 9.17) is 0 Å². The molecule has 1 unspecified atom stereocenters. The van der Waals surface area contributed by atoms with E-state index in [1.54, 1.807) is 0 Å². The Morgan fingerprint density at radius 3 is 2.61 bits per heavy atom. The van der Waals surface area contributed by atoms with E-state index in [1.165, 1.54) is 0 Å². The second-order valence-electron chi connectivity index (χ2n) is 4.27. The van der Waals surface area contributed by atoms with Gasteiger partial charge in [0.05, 0.1) is 12.6 Å². The molecule has 1 aromatic carbocycles. The number of nitrogens with zero attached hydrogens (tertiary/aromatic N) is 1. The lowest BCUT2D eigenvalue weighted by Crippen LogP contribution is -2.34. The topological polar surface area (TPSA) is 35.5 Å². The summed E-state index contributed by atoms with van der Waals surface area (Å²) in [5.74, 6) is 0. The van der Waals surface area contributed by atoms with E-state index in [9.17, 15) is 5.11 Å². The molecule has 0 heterocycles. The van der Waals surface area contributed by atoms with Crippen molar-refractivity contribution in [3.8, 4) is 0 Å². The van der Waals surface area contributed by atoms with Crippen molar-refractivity contribution in [2.45, 2.75) is 19.9 Å². The number of rotatable bonds is 8. The molecule has 0 saturated heterocycles. The van der Waals surface area contributed by atoms with E-state index < -0.39 is 0 Å². The highest BCUT2D eigenvalue weighted by Gasteiger charge is 2.10. The summed E-state index contributed by atoms with van der Waals surface area (Å²) in [6, 6.07) is 8.08. The van der Waals surface area contributed by atoms with Crippen LogP contribution in [0.4, 0.5) is 0 Å². The van der Waals surface area contributed by atoms with Gasteiger partial charge in [0.1, 0.15) is 0 Å². The minimum absolute atomic E-state index is 0.0121. The Morgan fingerprint density at radius 1 is 1.33 bits per heavy atom. The van der Waals surface area contributed by atoms with Gasteiger partial charge in [-0.25, -0.2) is 0 Å². The summed E-state index contributed by atoms with van der Waals surface area (Å²) in [6.07, 6.45) is 0. The molecule has 1 atom stereocenters. The normalized spacial score (nSPS) is 12.9. The number of aliphatic hydroxyl groups excluding tert-OH is 1. The molecule has 1 aromatic rings. The maximum Gasteiger partial charge on any atom is 0.0626 e. The van der Waals surface area contributed by atoms with Crippen LogP contribution in [0, 0.1) is 0 Å². The average Bonchev–Trinajstić information content (AvgIpc) is 2.39. The Bertz CT molecular complexity index is 342. The standard InChI is InChI=1S/C14H23BrN2O/c1-3-17(4-2)9-8-16-14(11-18)12-6-5-7-13(15)10-12/h5-7,10,14,16,18H,3-4,8-9,11H2,1-2H3. The number of hydrogen-bond donors (Lipinski definition) is 2. The molecule has 0 spiro atoms. The lowest BCUT2D eigenvalue weighted by molar-refractivity contribution is 0.233. The summed E-state index contributed by atoms with van der Waals surface area (Å²) in [5.41, 5.74) is 1.12. The molecular formula is C14H23BrN2O. The number of hydrogen-bond acceptors (Lipinski definition) is 3. The Labute approximate surface area is 118 Å². The highest BCUT2D eigenvalue weighted by atomic mass is 79.9. The van der Waals surface area contributed by atoms with Crippen LogP contribution in [0.1, 0.15) is 25.5 Å². The van der Waals surface area contributed by atoms with Gasteiger partial charge in [-0.2, -0.15) is 0 Å². The highest BCUT2D eigenvalue weighted by molar-refractivity contribution is 9.10. The molecule has 1 rings (SSSR count). The molecule has 2 N–H and O–H groups in total. The monoisotopic (exact) mass is 314 g/mol. The molecule has 4 heteroatoms. The van der Waals surface area contributed by atoms with Crippen LogP contribution in [0.2, 0.25) is 0 Å². The molecule has 3 nitrogen and oxygen atoms in total. The molecule has 102 valence electrons. The zero-order valence-corrected chi connectivity index (χ0v) is 12.8. The van der Waals surface area contributed by atoms with E-state index in [2.05, 4.69) is 40.0 Å². The fourth-order valence-corrected chi connectivity index (χ4v) is 2.36. The van der Waals surface area contributed by atoms with Gasteiger partial charge in [-0.3, -0.25) is 0 Å². The van der Waals surface area contributed by atoms with Crippen LogP contribution >= 0.6 is 15.9 Å².